The summed E-state index contributed by atoms with van der Waals surface area (Å²) in [5.41, 5.74) is 0.301. The molecule has 3 unspecified atom stereocenters. The molecule has 8 nitrogen and oxygen atoms in total. The lowest BCUT2D eigenvalue weighted by Crippen LogP contribution is -2.22. The maximum Gasteiger partial charge on any atom is 0.314 e. The van der Waals surface area contributed by atoms with Gasteiger partial charge in [0, 0.05) is 23.8 Å². The fourth-order valence-electron chi connectivity index (χ4n) is 5.61. The van der Waals surface area contributed by atoms with Crippen molar-refractivity contribution in [1.82, 2.24) is 0 Å². The largest absolute Gasteiger partial charge is 0.456 e. The van der Waals surface area contributed by atoms with Gasteiger partial charge in [0.25, 0.3) is 0 Å². The lowest BCUT2D eigenvalue weighted by molar-refractivity contribution is -0.140. The van der Waals surface area contributed by atoms with Gasteiger partial charge in [0.1, 0.15) is 34.0 Å². The van der Waals surface area contributed by atoms with Crippen molar-refractivity contribution in [2.24, 2.45) is 17.8 Å². The summed E-state index contributed by atoms with van der Waals surface area (Å²) in [5.74, 6) is -1.02. The lowest BCUT2D eigenvalue weighted by atomic mass is 9.99. The van der Waals surface area contributed by atoms with E-state index in [2.05, 4.69) is 20.8 Å². The number of hydrogen-bond donors (Lipinski definition) is 0. The molecule has 2 aromatic carbocycles. The smallest absolute Gasteiger partial charge is 0.314 e. The maximum absolute atomic E-state index is 13.6. The standard InChI is InChI=1S/C39H52O8/c1-7-13-16-26(10-4)37(41)44-30-21-19-29(20-22-30)33-25-32(40)36-34(46-33)23-31(45-38(42)27(11-5)17-14-8-2)24-35(36)47-39(43)28(12-6)18-15-9-3/h19-28H,7-18H2,1-6H3. The third kappa shape index (κ3) is 10.5. The number of ether oxygens (including phenoxy) is 3. The van der Waals surface area contributed by atoms with Crippen molar-refractivity contribution in [1.29, 1.82) is 0 Å². The Morgan fingerprint density at radius 3 is 1.55 bits per heavy atom. The van der Waals surface area contributed by atoms with Gasteiger partial charge in [-0.1, -0.05) is 80.1 Å². The van der Waals surface area contributed by atoms with Gasteiger partial charge in [0.05, 0.1) is 17.8 Å². The molecule has 0 fully saturated rings. The summed E-state index contributed by atoms with van der Waals surface area (Å²) in [7, 11) is 0. The van der Waals surface area contributed by atoms with Crippen molar-refractivity contribution in [3.05, 3.63) is 52.7 Å². The normalized spacial score (nSPS) is 13.1. The fourth-order valence-corrected chi connectivity index (χ4v) is 5.61. The molecular weight excluding hydrogens is 596 g/mol. The number of hydrogen-bond acceptors (Lipinski definition) is 8. The second kappa shape index (κ2) is 19.0. The SMILES string of the molecule is CCCCC(CC)C(=O)Oc1ccc(-c2cc(=O)c3c(OC(=O)C(CC)CCCC)cc(OC(=O)C(CC)CCCC)cc3o2)cc1. The van der Waals surface area contributed by atoms with Crippen LogP contribution in [0.4, 0.5) is 0 Å². The molecule has 0 saturated carbocycles. The van der Waals surface area contributed by atoms with Gasteiger partial charge in [-0.15, -0.1) is 0 Å². The Bertz CT molecular complexity index is 1520. The molecule has 3 aromatic rings. The Balaban J connectivity index is 1.99. The van der Waals surface area contributed by atoms with E-state index in [-0.39, 0.29) is 57.9 Å². The number of unbranched alkanes of at least 4 members (excludes halogenated alkanes) is 3. The van der Waals surface area contributed by atoms with Gasteiger partial charge < -0.3 is 18.6 Å². The predicted octanol–water partition coefficient (Wildman–Crippen LogP) is 9.83. The Morgan fingerprint density at radius 1 is 0.617 bits per heavy atom. The Labute approximate surface area is 279 Å². The first-order valence-electron chi connectivity index (χ1n) is 17.6. The van der Waals surface area contributed by atoms with Crippen molar-refractivity contribution in [2.45, 2.75) is 119 Å². The first-order valence-corrected chi connectivity index (χ1v) is 17.6. The molecule has 0 amide bonds. The van der Waals surface area contributed by atoms with E-state index in [1.54, 1.807) is 24.3 Å². The molecule has 0 aliphatic carbocycles. The van der Waals surface area contributed by atoms with E-state index in [1.807, 2.05) is 20.8 Å². The molecule has 0 aliphatic rings. The van der Waals surface area contributed by atoms with Crippen molar-refractivity contribution in [3.63, 3.8) is 0 Å². The van der Waals surface area contributed by atoms with Crippen molar-refractivity contribution in [2.75, 3.05) is 0 Å². The van der Waals surface area contributed by atoms with Crippen molar-refractivity contribution < 1.29 is 33.0 Å². The van der Waals surface area contributed by atoms with Gasteiger partial charge in [0.2, 0.25) is 0 Å². The third-order valence-corrected chi connectivity index (χ3v) is 8.75. The van der Waals surface area contributed by atoms with Crippen LogP contribution < -0.4 is 19.6 Å². The zero-order valence-electron chi connectivity index (χ0n) is 29.0. The first kappa shape index (κ1) is 37.5. The Hall–Kier alpha value is -3.94. The first-order chi connectivity index (χ1) is 22.7. The van der Waals surface area contributed by atoms with E-state index < -0.39 is 11.4 Å². The zero-order chi connectivity index (χ0) is 34.3. The zero-order valence-corrected chi connectivity index (χ0v) is 29.0. The summed E-state index contributed by atoms with van der Waals surface area (Å²) in [6, 6.07) is 11.0. The molecule has 47 heavy (non-hydrogen) atoms. The molecule has 0 radical (unpaired) electrons. The molecule has 0 bridgehead atoms. The van der Waals surface area contributed by atoms with Crippen LogP contribution in [0.3, 0.4) is 0 Å². The number of fused-ring (bicyclic) bond motifs is 1. The van der Waals surface area contributed by atoms with E-state index in [4.69, 9.17) is 18.6 Å². The van der Waals surface area contributed by atoms with Crippen LogP contribution in [-0.2, 0) is 14.4 Å². The molecule has 8 heteroatoms. The summed E-state index contributed by atoms with van der Waals surface area (Å²) in [6.45, 7) is 12.1. The van der Waals surface area contributed by atoms with Gasteiger partial charge in [0.15, 0.2) is 5.43 Å². The second-order valence-electron chi connectivity index (χ2n) is 12.3. The topological polar surface area (TPSA) is 109 Å². The average molecular weight is 649 g/mol. The van der Waals surface area contributed by atoms with E-state index in [9.17, 15) is 19.2 Å². The van der Waals surface area contributed by atoms with Crippen LogP contribution in [0, 0.1) is 17.8 Å². The van der Waals surface area contributed by atoms with Gasteiger partial charge in [-0.05, 0) is 62.8 Å². The Morgan fingerprint density at radius 2 is 1.09 bits per heavy atom. The van der Waals surface area contributed by atoms with Gasteiger partial charge >= 0.3 is 17.9 Å². The van der Waals surface area contributed by atoms with Crippen LogP contribution in [0.25, 0.3) is 22.3 Å². The monoisotopic (exact) mass is 648 g/mol. The molecule has 0 saturated heterocycles. The number of carbonyl (C=O) groups excluding carboxylic acids is 3. The van der Waals surface area contributed by atoms with Gasteiger partial charge in [-0.25, -0.2) is 0 Å². The summed E-state index contributed by atoms with van der Waals surface area (Å²) in [4.78, 5) is 52.6. The molecule has 1 aromatic heterocycles. The van der Waals surface area contributed by atoms with Crippen LogP contribution in [0.5, 0.6) is 17.2 Å². The number of carbonyl (C=O) groups is 3. The predicted molar refractivity (Wildman–Crippen MR) is 185 cm³/mol. The number of benzene rings is 2. The average Bonchev–Trinajstić information content (AvgIpc) is 3.05. The molecule has 3 rings (SSSR count). The minimum atomic E-state index is -0.436. The third-order valence-electron chi connectivity index (χ3n) is 8.75. The van der Waals surface area contributed by atoms with E-state index in [0.717, 1.165) is 44.9 Å². The molecule has 3 atom stereocenters. The molecule has 256 valence electrons. The van der Waals surface area contributed by atoms with Crippen molar-refractivity contribution >= 4 is 28.9 Å². The maximum atomic E-state index is 13.6. The number of esters is 3. The highest BCUT2D eigenvalue weighted by Gasteiger charge is 2.24. The van der Waals surface area contributed by atoms with Crippen LogP contribution in [0.2, 0.25) is 0 Å². The molecule has 0 N–H and O–H groups in total. The van der Waals surface area contributed by atoms with Crippen LogP contribution in [0.1, 0.15) is 119 Å². The fraction of sp³-hybridized carbons (Fsp3) is 0.538. The summed E-state index contributed by atoms with van der Waals surface area (Å²) >= 11 is 0. The lowest BCUT2D eigenvalue weighted by Gasteiger charge is -2.17. The second-order valence-corrected chi connectivity index (χ2v) is 12.3. The molecule has 1 heterocycles. The molecular formula is C39H52O8. The van der Waals surface area contributed by atoms with Crippen LogP contribution >= 0.6 is 0 Å². The van der Waals surface area contributed by atoms with Gasteiger partial charge in [-0.3, -0.25) is 19.2 Å². The summed E-state index contributed by atoms with van der Waals surface area (Å²) in [5, 5.41) is 0.0912. The van der Waals surface area contributed by atoms with Crippen molar-refractivity contribution in [3.8, 4) is 28.6 Å². The summed E-state index contributed by atoms with van der Waals surface area (Å²) < 4.78 is 23.5. The highest BCUT2D eigenvalue weighted by Crippen LogP contribution is 2.34. The highest BCUT2D eigenvalue weighted by molar-refractivity contribution is 5.90. The highest BCUT2D eigenvalue weighted by atomic mass is 16.5. The number of rotatable bonds is 19. The quantitative estimate of drug-likeness (QED) is 0.0933. The van der Waals surface area contributed by atoms with E-state index >= 15 is 0 Å². The molecule has 0 aliphatic heterocycles. The van der Waals surface area contributed by atoms with Gasteiger partial charge in [-0.2, -0.15) is 0 Å². The van der Waals surface area contributed by atoms with E-state index in [0.29, 0.717) is 43.4 Å². The van der Waals surface area contributed by atoms with Crippen LogP contribution in [-0.4, -0.2) is 17.9 Å². The summed E-state index contributed by atoms with van der Waals surface area (Å²) in [6.07, 6.45) is 9.78. The molecule has 0 spiro atoms. The minimum Gasteiger partial charge on any atom is -0.456 e. The minimum absolute atomic E-state index is 0.00275. The van der Waals surface area contributed by atoms with Crippen LogP contribution in [0.15, 0.2) is 51.7 Å². The Kier molecular flexibility index (Phi) is 15.2. The van der Waals surface area contributed by atoms with E-state index in [1.165, 1.54) is 18.2 Å².